The van der Waals surface area contributed by atoms with Gasteiger partial charge in [-0.2, -0.15) is 0 Å². The predicted molar refractivity (Wildman–Crippen MR) is 39.5 cm³/mol. The van der Waals surface area contributed by atoms with Crippen LogP contribution in [0, 0.1) is 11.8 Å². The standard InChI is InChI=1S/C8H10O4.Na/c9-3-4-5-1-2-6(12-5)7(4)8(10)11;/h1-2,4-7,9H,3H2,(H,10,11);/q;+1. The number of fused-ring (bicyclic) bond motifs is 2. The van der Waals surface area contributed by atoms with Crippen LogP contribution in [0.3, 0.4) is 0 Å². The first-order valence-corrected chi connectivity index (χ1v) is 3.91. The summed E-state index contributed by atoms with van der Waals surface area (Å²) >= 11 is 0. The molecule has 2 N–H and O–H groups in total. The largest absolute Gasteiger partial charge is 1.00 e. The van der Waals surface area contributed by atoms with Gasteiger partial charge in [0.2, 0.25) is 0 Å². The Morgan fingerprint density at radius 1 is 1.38 bits per heavy atom. The first-order chi connectivity index (χ1) is 5.74. The summed E-state index contributed by atoms with van der Waals surface area (Å²) in [6.45, 7) is -0.123. The Kier molecular flexibility index (Phi) is 3.54. The minimum Gasteiger partial charge on any atom is -0.481 e. The summed E-state index contributed by atoms with van der Waals surface area (Å²) in [4.78, 5) is 10.7. The SMILES string of the molecule is O=C(O)C1C2C=CC(O2)C1CO.[Na+]. The van der Waals surface area contributed by atoms with Gasteiger partial charge in [0.25, 0.3) is 0 Å². The Hall–Kier alpha value is 0.130. The van der Waals surface area contributed by atoms with Gasteiger partial charge < -0.3 is 14.9 Å². The monoisotopic (exact) mass is 193 g/mol. The van der Waals surface area contributed by atoms with Crippen molar-refractivity contribution in [3.8, 4) is 0 Å². The van der Waals surface area contributed by atoms with Crippen LogP contribution in [0.1, 0.15) is 0 Å². The molecule has 2 rings (SSSR count). The van der Waals surface area contributed by atoms with E-state index in [-0.39, 0.29) is 54.3 Å². The van der Waals surface area contributed by atoms with Crippen molar-refractivity contribution in [2.24, 2.45) is 11.8 Å². The molecule has 0 saturated carbocycles. The predicted octanol–water partition coefficient (Wildman–Crippen LogP) is -3.36. The second-order valence-corrected chi connectivity index (χ2v) is 3.16. The summed E-state index contributed by atoms with van der Waals surface area (Å²) in [6, 6.07) is 0. The van der Waals surface area contributed by atoms with Crippen molar-refractivity contribution in [3.05, 3.63) is 12.2 Å². The van der Waals surface area contributed by atoms with Crippen molar-refractivity contribution >= 4 is 5.97 Å². The van der Waals surface area contributed by atoms with E-state index in [1.807, 2.05) is 6.08 Å². The molecule has 1 saturated heterocycles. The number of hydrogen-bond donors (Lipinski definition) is 2. The zero-order valence-corrected chi connectivity index (χ0v) is 9.38. The van der Waals surface area contributed by atoms with E-state index in [1.165, 1.54) is 0 Å². The van der Waals surface area contributed by atoms with Crippen LogP contribution in [0.5, 0.6) is 0 Å². The van der Waals surface area contributed by atoms with Gasteiger partial charge in [0.15, 0.2) is 0 Å². The molecule has 4 atom stereocenters. The summed E-state index contributed by atoms with van der Waals surface area (Å²) in [5, 5.41) is 17.7. The van der Waals surface area contributed by atoms with E-state index in [1.54, 1.807) is 6.08 Å². The summed E-state index contributed by atoms with van der Waals surface area (Å²) in [5.41, 5.74) is 0. The maximum absolute atomic E-state index is 10.7. The molecule has 2 bridgehead atoms. The van der Waals surface area contributed by atoms with Crippen LogP contribution in [0.4, 0.5) is 0 Å². The number of rotatable bonds is 2. The third kappa shape index (κ3) is 1.69. The Morgan fingerprint density at radius 3 is 2.46 bits per heavy atom. The molecule has 0 radical (unpaired) electrons. The number of carboxylic acid groups (broad SMARTS) is 1. The normalized spacial score (nSPS) is 40.4. The van der Waals surface area contributed by atoms with E-state index in [2.05, 4.69) is 0 Å². The van der Waals surface area contributed by atoms with Gasteiger partial charge in [-0.25, -0.2) is 0 Å². The fraction of sp³-hybridized carbons (Fsp3) is 0.625. The summed E-state index contributed by atoms with van der Waals surface area (Å²) in [5.74, 6) is -1.71. The molecule has 66 valence electrons. The smallest absolute Gasteiger partial charge is 0.481 e. The van der Waals surface area contributed by atoms with E-state index in [0.29, 0.717) is 0 Å². The second kappa shape index (κ2) is 4.11. The van der Waals surface area contributed by atoms with Gasteiger partial charge in [-0.3, -0.25) is 4.79 Å². The minimum absolute atomic E-state index is 0. The molecule has 0 aromatic carbocycles. The topological polar surface area (TPSA) is 66.8 Å². The van der Waals surface area contributed by atoms with Gasteiger partial charge in [-0.1, -0.05) is 12.2 Å². The van der Waals surface area contributed by atoms with Crippen molar-refractivity contribution in [2.45, 2.75) is 12.2 Å². The van der Waals surface area contributed by atoms with Gasteiger partial charge in [0, 0.05) is 12.5 Å². The number of carbonyl (C=O) groups is 1. The van der Waals surface area contributed by atoms with E-state index in [0.717, 1.165) is 0 Å². The molecule has 4 nitrogen and oxygen atoms in total. The van der Waals surface area contributed by atoms with Gasteiger partial charge in [0.05, 0.1) is 18.1 Å². The molecule has 2 aliphatic rings. The molecule has 4 unspecified atom stereocenters. The van der Waals surface area contributed by atoms with Crippen LogP contribution in [0.15, 0.2) is 12.2 Å². The Bertz CT molecular complexity index is 240. The Labute approximate surface area is 97.9 Å². The summed E-state index contributed by atoms with van der Waals surface area (Å²) < 4.78 is 5.30. The van der Waals surface area contributed by atoms with E-state index < -0.39 is 11.9 Å². The number of carboxylic acids is 1. The van der Waals surface area contributed by atoms with Crippen molar-refractivity contribution in [1.29, 1.82) is 0 Å². The van der Waals surface area contributed by atoms with Crippen LogP contribution in [0.25, 0.3) is 0 Å². The molecular weight excluding hydrogens is 183 g/mol. The number of ether oxygens (including phenoxy) is 1. The van der Waals surface area contributed by atoms with E-state index in [4.69, 9.17) is 14.9 Å². The number of aliphatic hydroxyl groups is 1. The molecule has 0 spiro atoms. The third-order valence-electron chi connectivity index (χ3n) is 2.54. The van der Waals surface area contributed by atoms with Crippen LogP contribution in [-0.2, 0) is 9.53 Å². The van der Waals surface area contributed by atoms with Crippen LogP contribution in [0.2, 0.25) is 0 Å². The van der Waals surface area contributed by atoms with Gasteiger partial charge in [-0.15, -0.1) is 0 Å². The fourth-order valence-electron chi connectivity index (χ4n) is 1.93. The average molecular weight is 193 g/mol. The number of aliphatic carboxylic acids is 1. The van der Waals surface area contributed by atoms with Crippen LogP contribution < -0.4 is 29.6 Å². The average Bonchev–Trinajstić information content (AvgIpc) is 2.60. The maximum Gasteiger partial charge on any atom is 1.00 e. The molecule has 13 heavy (non-hydrogen) atoms. The zero-order valence-electron chi connectivity index (χ0n) is 7.38. The zero-order chi connectivity index (χ0) is 8.72. The van der Waals surface area contributed by atoms with E-state index in [9.17, 15) is 4.79 Å². The third-order valence-corrected chi connectivity index (χ3v) is 2.54. The number of hydrogen-bond acceptors (Lipinski definition) is 3. The molecule has 0 aliphatic carbocycles. The molecular formula is C8H10NaO4+. The first-order valence-electron chi connectivity index (χ1n) is 3.91. The van der Waals surface area contributed by atoms with Gasteiger partial charge >= 0.3 is 35.5 Å². The summed E-state index contributed by atoms with van der Waals surface area (Å²) in [7, 11) is 0. The van der Waals surface area contributed by atoms with Crippen molar-refractivity contribution in [2.75, 3.05) is 6.61 Å². The molecule has 0 aromatic heterocycles. The maximum atomic E-state index is 10.7. The molecule has 5 heteroatoms. The quantitative estimate of drug-likeness (QED) is 0.355. The molecule has 0 amide bonds. The fourth-order valence-corrected chi connectivity index (χ4v) is 1.93. The second-order valence-electron chi connectivity index (χ2n) is 3.16. The van der Waals surface area contributed by atoms with E-state index >= 15 is 0 Å². The molecule has 0 aromatic rings. The van der Waals surface area contributed by atoms with Crippen molar-refractivity contribution in [3.63, 3.8) is 0 Å². The van der Waals surface area contributed by atoms with Crippen LogP contribution >= 0.6 is 0 Å². The summed E-state index contributed by atoms with van der Waals surface area (Å²) in [6.07, 6.45) is 3.06. The van der Waals surface area contributed by atoms with Crippen molar-refractivity contribution in [1.82, 2.24) is 0 Å². The molecule has 2 aliphatic heterocycles. The first kappa shape index (κ1) is 11.2. The van der Waals surface area contributed by atoms with Gasteiger partial charge in [-0.05, 0) is 0 Å². The Morgan fingerprint density at radius 2 is 2.00 bits per heavy atom. The Balaban J connectivity index is 0.000000845. The minimum atomic E-state index is -0.883. The van der Waals surface area contributed by atoms with Gasteiger partial charge in [0.1, 0.15) is 0 Å². The number of aliphatic hydroxyl groups excluding tert-OH is 1. The molecule has 2 heterocycles. The van der Waals surface area contributed by atoms with Crippen molar-refractivity contribution < 1.29 is 49.3 Å². The van der Waals surface area contributed by atoms with Crippen LogP contribution in [-0.4, -0.2) is 35.0 Å². The molecule has 1 fully saturated rings.